The number of fused-ring (bicyclic) bond motifs is 1. The molecule has 2 amide bonds. The van der Waals surface area contributed by atoms with E-state index in [9.17, 15) is 42.9 Å². The molecule has 3 heterocycles. The number of H-pyrrole nitrogens is 1. The molecule has 0 aliphatic carbocycles. The van der Waals surface area contributed by atoms with Crippen molar-refractivity contribution in [2.75, 3.05) is 52.5 Å². The van der Waals surface area contributed by atoms with E-state index in [0.717, 1.165) is 21.1 Å². The number of rotatable bonds is 9. The lowest BCUT2D eigenvalue weighted by Gasteiger charge is -2.47. The number of morpholine rings is 1. The van der Waals surface area contributed by atoms with Gasteiger partial charge in [0.25, 0.3) is 0 Å². The summed E-state index contributed by atoms with van der Waals surface area (Å²) in [5, 5.41) is 30.3. The van der Waals surface area contributed by atoms with Gasteiger partial charge in [-0.15, -0.1) is 0 Å². The topological polar surface area (TPSA) is 156 Å². The first kappa shape index (κ1) is 32.4. The molecule has 1 spiro atoms. The molecular weight excluding hydrogens is 621 g/mol. The first-order chi connectivity index (χ1) is 21.3. The number of carbonyl (C=O) groups excluding carboxylic acids is 1. The fourth-order valence-electron chi connectivity index (χ4n) is 5.72. The molecule has 0 atom stereocenters. The average Bonchev–Trinajstić information content (AvgIpc) is 3.40. The van der Waals surface area contributed by atoms with Crippen LogP contribution in [0.25, 0.3) is 10.2 Å². The van der Waals surface area contributed by atoms with Crippen molar-refractivity contribution in [3.63, 3.8) is 0 Å². The third kappa shape index (κ3) is 7.62. The molecule has 0 unspecified atom stereocenters. The minimum Gasteiger partial charge on any atom is -0.507 e. The highest BCUT2D eigenvalue weighted by atomic mass is 32.1. The van der Waals surface area contributed by atoms with Crippen molar-refractivity contribution in [1.82, 2.24) is 19.7 Å². The van der Waals surface area contributed by atoms with Crippen LogP contribution >= 0.6 is 11.3 Å². The second-order valence-corrected chi connectivity index (χ2v) is 12.1. The minimum absolute atomic E-state index is 0.0634. The van der Waals surface area contributed by atoms with Crippen LogP contribution in [0.5, 0.6) is 17.2 Å². The van der Waals surface area contributed by atoms with Crippen molar-refractivity contribution in [1.29, 1.82) is 0 Å². The van der Waals surface area contributed by atoms with Crippen LogP contribution in [0.1, 0.15) is 24.0 Å². The SMILES string of the molecule is O=C(O)N(CCc1ccc(O)c2[nH]c(=O)sc12)Cc1ccc(OCCN2CCC3(CC2)CN(C(=O)C(F)(F)F)CCO3)cc1O. The molecule has 12 nitrogen and oxygen atoms in total. The Balaban J connectivity index is 1.10. The molecule has 5 rings (SSSR count). The van der Waals surface area contributed by atoms with Crippen LogP contribution < -0.4 is 9.61 Å². The van der Waals surface area contributed by atoms with E-state index < -0.39 is 23.8 Å². The van der Waals surface area contributed by atoms with E-state index in [4.69, 9.17) is 9.47 Å². The van der Waals surface area contributed by atoms with Gasteiger partial charge in [-0.3, -0.25) is 14.5 Å². The summed E-state index contributed by atoms with van der Waals surface area (Å²) in [4.78, 5) is 41.7. The van der Waals surface area contributed by atoms with E-state index in [1.54, 1.807) is 18.2 Å². The van der Waals surface area contributed by atoms with E-state index in [0.29, 0.717) is 59.6 Å². The minimum atomic E-state index is -4.91. The smallest absolute Gasteiger partial charge is 0.471 e. The molecule has 2 saturated heterocycles. The van der Waals surface area contributed by atoms with Gasteiger partial charge in [-0.2, -0.15) is 13.2 Å². The number of nitrogens with zero attached hydrogens (tertiary/aromatic N) is 3. The van der Waals surface area contributed by atoms with Crippen molar-refractivity contribution in [3.8, 4) is 17.2 Å². The van der Waals surface area contributed by atoms with Crippen LogP contribution in [0.3, 0.4) is 0 Å². The summed E-state index contributed by atoms with van der Waals surface area (Å²) in [5.41, 5.74) is 0.605. The van der Waals surface area contributed by atoms with Crippen LogP contribution in [0.2, 0.25) is 0 Å². The summed E-state index contributed by atoms with van der Waals surface area (Å²) < 4.78 is 50.9. The Morgan fingerprint density at radius 3 is 2.51 bits per heavy atom. The number of carbonyl (C=O) groups is 2. The number of benzene rings is 2. The van der Waals surface area contributed by atoms with Crippen LogP contribution in [0.15, 0.2) is 35.1 Å². The van der Waals surface area contributed by atoms with Crippen LogP contribution in [-0.4, -0.2) is 111 Å². The lowest BCUT2D eigenvalue weighted by molar-refractivity contribution is -0.200. The number of halogens is 3. The molecule has 3 aromatic rings. The highest BCUT2D eigenvalue weighted by Gasteiger charge is 2.48. The molecule has 1 aromatic heterocycles. The first-order valence-electron chi connectivity index (χ1n) is 14.3. The van der Waals surface area contributed by atoms with E-state index in [2.05, 4.69) is 9.88 Å². The van der Waals surface area contributed by atoms with E-state index in [-0.39, 0.29) is 62.2 Å². The van der Waals surface area contributed by atoms with Crippen LogP contribution in [0, 0.1) is 0 Å². The number of carboxylic acid groups (broad SMARTS) is 1. The molecule has 0 bridgehead atoms. The Kier molecular flexibility index (Phi) is 9.46. The highest BCUT2D eigenvalue weighted by molar-refractivity contribution is 7.16. The summed E-state index contributed by atoms with van der Waals surface area (Å²) in [7, 11) is 0. The van der Waals surface area contributed by atoms with Gasteiger partial charge in [0.2, 0.25) is 0 Å². The molecule has 0 radical (unpaired) electrons. The largest absolute Gasteiger partial charge is 0.507 e. The zero-order chi connectivity index (χ0) is 32.4. The summed E-state index contributed by atoms with van der Waals surface area (Å²) in [5.74, 6) is -1.65. The Labute approximate surface area is 259 Å². The molecular formula is C29H33F3N4O8S. The Morgan fingerprint density at radius 1 is 1.09 bits per heavy atom. The molecule has 4 N–H and O–H groups in total. The number of aromatic amines is 1. The van der Waals surface area contributed by atoms with Crippen molar-refractivity contribution in [2.24, 2.45) is 0 Å². The number of phenols is 2. The average molecular weight is 655 g/mol. The van der Waals surface area contributed by atoms with Crippen LogP contribution in [0.4, 0.5) is 18.0 Å². The van der Waals surface area contributed by atoms with E-state index in [1.807, 2.05) is 0 Å². The predicted molar refractivity (Wildman–Crippen MR) is 157 cm³/mol. The Morgan fingerprint density at radius 2 is 1.82 bits per heavy atom. The van der Waals surface area contributed by atoms with Gasteiger partial charge in [-0.1, -0.05) is 17.4 Å². The second-order valence-electron chi connectivity index (χ2n) is 11.2. The van der Waals surface area contributed by atoms with Crippen molar-refractivity contribution >= 4 is 33.6 Å². The highest BCUT2D eigenvalue weighted by Crippen LogP contribution is 2.33. The summed E-state index contributed by atoms with van der Waals surface area (Å²) in [6, 6.07) is 7.70. The molecule has 0 saturated carbocycles. The lowest BCUT2D eigenvalue weighted by Crippen LogP contribution is -2.59. The Hall–Kier alpha value is -4.02. The van der Waals surface area contributed by atoms with E-state index in [1.165, 1.54) is 12.1 Å². The van der Waals surface area contributed by atoms with Gasteiger partial charge < -0.3 is 39.6 Å². The van der Waals surface area contributed by atoms with Crippen molar-refractivity contribution < 1.29 is 47.6 Å². The van der Waals surface area contributed by atoms with Gasteiger partial charge in [0, 0.05) is 44.4 Å². The number of likely N-dealkylation sites (tertiary alicyclic amines) is 1. The summed E-state index contributed by atoms with van der Waals surface area (Å²) in [6.07, 6.45) is -4.85. The number of hydrogen-bond donors (Lipinski definition) is 4. The van der Waals surface area contributed by atoms with Crippen molar-refractivity contribution in [2.45, 2.75) is 37.6 Å². The van der Waals surface area contributed by atoms with Gasteiger partial charge in [0.15, 0.2) is 0 Å². The van der Waals surface area contributed by atoms with Crippen LogP contribution in [-0.2, 0) is 22.5 Å². The summed E-state index contributed by atoms with van der Waals surface area (Å²) >= 11 is 0.937. The van der Waals surface area contributed by atoms with Gasteiger partial charge in [-0.25, -0.2) is 4.79 Å². The number of hydrogen-bond acceptors (Lipinski definition) is 9. The molecule has 45 heavy (non-hydrogen) atoms. The number of aromatic hydroxyl groups is 2. The predicted octanol–water partition coefficient (Wildman–Crippen LogP) is 3.36. The van der Waals surface area contributed by atoms with Gasteiger partial charge in [0.05, 0.1) is 30.0 Å². The molecule has 16 heteroatoms. The molecule has 2 aliphatic heterocycles. The third-order valence-electron chi connectivity index (χ3n) is 8.20. The number of aromatic nitrogens is 1. The quantitative estimate of drug-likeness (QED) is 0.272. The molecule has 2 fully saturated rings. The normalized spacial score (nSPS) is 17.1. The fraction of sp³-hybridized carbons (Fsp3) is 0.483. The van der Waals surface area contributed by atoms with Crippen molar-refractivity contribution in [3.05, 3.63) is 51.1 Å². The number of nitrogens with one attached hydrogen (secondary N) is 1. The summed E-state index contributed by atoms with van der Waals surface area (Å²) in [6.45, 7) is 1.81. The number of phenolic OH excluding ortho intramolecular Hbond substituents is 2. The third-order valence-corrected chi connectivity index (χ3v) is 9.16. The van der Waals surface area contributed by atoms with Gasteiger partial charge in [-0.05, 0) is 43.0 Å². The number of alkyl halides is 3. The zero-order valence-electron chi connectivity index (χ0n) is 24.1. The maximum atomic E-state index is 12.9. The number of ether oxygens (including phenoxy) is 2. The fourth-order valence-corrected chi connectivity index (χ4v) is 6.61. The maximum absolute atomic E-state index is 12.9. The molecule has 244 valence electrons. The number of piperidine rings is 1. The zero-order valence-corrected chi connectivity index (χ0v) is 25.0. The monoisotopic (exact) mass is 654 g/mol. The van der Waals surface area contributed by atoms with E-state index >= 15 is 0 Å². The Bertz CT molecular complexity index is 1600. The molecule has 2 aliphatic rings. The van der Waals surface area contributed by atoms with Gasteiger partial charge in [0.1, 0.15) is 29.4 Å². The number of amides is 2. The first-order valence-corrected chi connectivity index (χ1v) is 15.1. The second kappa shape index (κ2) is 13.1. The number of thiazole rings is 1. The molecule has 2 aromatic carbocycles. The van der Waals surface area contributed by atoms with Gasteiger partial charge >= 0.3 is 23.0 Å². The maximum Gasteiger partial charge on any atom is 0.471 e. The lowest BCUT2D eigenvalue weighted by atomic mass is 9.89. The standard InChI is InChI=1S/C29H33F3N4O8S/c30-29(31,32)25(39)36-12-14-44-28(17-36)6-9-34(10-7-28)11-13-43-20-3-1-19(22(38)15-20)16-35(27(41)42)8-5-18-2-4-21(37)23-24(18)45-26(40)33-23/h1-4,15,37-38H,5-14,16-17H2,(H,33,40)(H,41,42).